The van der Waals surface area contributed by atoms with Crippen molar-refractivity contribution in [2.24, 2.45) is 11.3 Å². The highest BCUT2D eigenvalue weighted by Gasteiger charge is 2.15. The lowest BCUT2D eigenvalue weighted by Gasteiger charge is -2.24. The first-order chi connectivity index (χ1) is 6.39. The third-order valence-electron chi connectivity index (χ3n) is 3.03. The highest BCUT2D eigenvalue weighted by molar-refractivity contribution is 4.72. The van der Waals surface area contributed by atoms with Crippen molar-refractivity contribution >= 4 is 0 Å². The van der Waals surface area contributed by atoms with Crippen molar-refractivity contribution in [1.82, 2.24) is 5.32 Å². The van der Waals surface area contributed by atoms with Gasteiger partial charge in [0.05, 0.1) is 0 Å². The van der Waals surface area contributed by atoms with Crippen LogP contribution in [-0.4, -0.2) is 13.1 Å². The van der Waals surface area contributed by atoms with Crippen molar-refractivity contribution in [3.05, 3.63) is 0 Å². The molecule has 1 nitrogen and oxygen atoms in total. The van der Waals surface area contributed by atoms with E-state index in [1.54, 1.807) is 0 Å². The largest absolute Gasteiger partial charge is 0.317 e. The average Bonchev–Trinajstić information content (AvgIpc) is 2.10. The zero-order valence-corrected chi connectivity index (χ0v) is 11.0. The van der Waals surface area contributed by atoms with Crippen LogP contribution in [0.5, 0.6) is 0 Å². The Hall–Kier alpha value is -0.0400. The molecule has 0 aromatic carbocycles. The summed E-state index contributed by atoms with van der Waals surface area (Å²) >= 11 is 0. The molecule has 1 N–H and O–H groups in total. The van der Waals surface area contributed by atoms with Gasteiger partial charge in [0.25, 0.3) is 0 Å². The number of rotatable bonds is 6. The molecule has 0 aromatic rings. The maximum Gasteiger partial charge on any atom is 0.00667 e. The fourth-order valence-corrected chi connectivity index (χ4v) is 1.64. The summed E-state index contributed by atoms with van der Waals surface area (Å²) in [6, 6.07) is 0.712. The molecule has 0 rings (SSSR count). The Labute approximate surface area is 90.7 Å². The van der Waals surface area contributed by atoms with Gasteiger partial charge in [-0.25, -0.2) is 0 Å². The molecule has 0 aliphatic heterocycles. The minimum absolute atomic E-state index is 0.477. The van der Waals surface area contributed by atoms with Crippen molar-refractivity contribution in [2.75, 3.05) is 7.05 Å². The first-order valence-electron chi connectivity index (χ1n) is 6.06. The van der Waals surface area contributed by atoms with Crippen LogP contribution in [0.15, 0.2) is 0 Å². The Morgan fingerprint density at radius 3 is 2.14 bits per heavy atom. The smallest absolute Gasteiger partial charge is 0.00667 e. The van der Waals surface area contributed by atoms with Crippen LogP contribution < -0.4 is 5.32 Å². The summed E-state index contributed by atoms with van der Waals surface area (Å²) in [6.45, 7) is 11.6. The van der Waals surface area contributed by atoms with Gasteiger partial charge in [-0.1, -0.05) is 41.0 Å². The maximum absolute atomic E-state index is 3.44. The van der Waals surface area contributed by atoms with Crippen molar-refractivity contribution in [3.8, 4) is 0 Å². The van der Waals surface area contributed by atoms with Gasteiger partial charge in [0.1, 0.15) is 0 Å². The highest BCUT2D eigenvalue weighted by atomic mass is 14.9. The normalized spacial score (nSPS) is 16.7. The van der Waals surface area contributed by atoms with E-state index in [-0.39, 0.29) is 0 Å². The summed E-state index contributed by atoms with van der Waals surface area (Å²) in [5.41, 5.74) is 0.477. The summed E-state index contributed by atoms with van der Waals surface area (Å²) in [7, 11) is 2.09. The van der Waals surface area contributed by atoms with Crippen LogP contribution >= 0.6 is 0 Å². The topological polar surface area (TPSA) is 12.0 Å². The summed E-state index contributed by atoms with van der Waals surface area (Å²) in [5, 5.41) is 3.44. The van der Waals surface area contributed by atoms with Crippen molar-refractivity contribution in [2.45, 2.75) is 66.3 Å². The average molecular weight is 199 g/mol. The van der Waals surface area contributed by atoms with Gasteiger partial charge in [0, 0.05) is 6.04 Å². The van der Waals surface area contributed by atoms with E-state index in [1.807, 2.05) is 0 Å². The summed E-state index contributed by atoms with van der Waals surface area (Å²) in [5.74, 6) is 0.854. The van der Waals surface area contributed by atoms with Gasteiger partial charge in [-0.2, -0.15) is 0 Å². The van der Waals surface area contributed by atoms with Gasteiger partial charge in [-0.05, 0) is 37.6 Å². The van der Waals surface area contributed by atoms with Crippen molar-refractivity contribution < 1.29 is 0 Å². The van der Waals surface area contributed by atoms with E-state index >= 15 is 0 Å². The molecular formula is C13H29N. The van der Waals surface area contributed by atoms with E-state index in [4.69, 9.17) is 0 Å². The third kappa shape index (κ3) is 7.37. The lowest BCUT2D eigenvalue weighted by molar-refractivity contribution is 0.310. The molecule has 1 heteroatoms. The lowest BCUT2D eigenvalue weighted by Crippen LogP contribution is -2.28. The summed E-state index contributed by atoms with van der Waals surface area (Å²) in [6.07, 6.45) is 5.25. The second-order valence-corrected chi connectivity index (χ2v) is 5.83. The van der Waals surface area contributed by atoms with Crippen LogP contribution in [0.25, 0.3) is 0 Å². The van der Waals surface area contributed by atoms with Crippen LogP contribution in [0, 0.1) is 11.3 Å². The standard InChI is InChI=1S/C13H29N/c1-7-11(2)10-12(14-6)8-9-13(3,4)5/h11-12,14H,7-10H2,1-6H3. The molecule has 0 aliphatic carbocycles. The lowest BCUT2D eigenvalue weighted by atomic mass is 9.86. The van der Waals surface area contributed by atoms with Crippen molar-refractivity contribution in [1.29, 1.82) is 0 Å². The third-order valence-corrected chi connectivity index (χ3v) is 3.03. The molecule has 0 saturated heterocycles. The zero-order valence-electron chi connectivity index (χ0n) is 11.0. The molecule has 14 heavy (non-hydrogen) atoms. The molecule has 2 atom stereocenters. The van der Waals surface area contributed by atoms with Gasteiger partial charge in [-0.15, -0.1) is 0 Å². The minimum Gasteiger partial charge on any atom is -0.317 e. The van der Waals surface area contributed by atoms with Gasteiger partial charge in [-0.3, -0.25) is 0 Å². The zero-order chi connectivity index (χ0) is 11.2. The number of nitrogens with one attached hydrogen (secondary N) is 1. The molecule has 0 heterocycles. The molecule has 2 unspecified atom stereocenters. The Morgan fingerprint density at radius 1 is 1.21 bits per heavy atom. The van der Waals surface area contributed by atoms with E-state index in [0.717, 1.165) is 5.92 Å². The summed E-state index contributed by atoms with van der Waals surface area (Å²) < 4.78 is 0. The van der Waals surface area contributed by atoms with E-state index in [2.05, 4.69) is 47.0 Å². The van der Waals surface area contributed by atoms with Gasteiger partial charge in [0.2, 0.25) is 0 Å². The first-order valence-corrected chi connectivity index (χ1v) is 6.06. The molecule has 0 fully saturated rings. The Kier molecular flexibility index (Phi) is 6.43. The fraction of sp³-hybridized carbons (Fsp3) is 1.00. The van der Waals surface area contributed by atoms with E-state index in [0.29, 0.717) is 11.5 Å². The molecule has 0 aliphatic rings. The molecule has 0 saturated carbocycles. The first kappa shape index (κ1) is 14.0. The van der Waals surface area contributed by atoms with Crippen LogP contribution in [0.3, 0.4) is 0 Å². The van der Waals surface area contributed by atoms with Crippen LogP contribution in [0.4, 0.5) is 0 Å². The Bertz CT molecular complexity index is 135. The molecule has 0 spiro atoms. The van der Waals surface area contributed by atoms with E-state index in [9.17, 15) is 0 Å². The highest BCUT2D eigenvalue weighted by Crippen LogP contribution is 2.23. The van der Waals surface area contributed by atoms with Crippen LogP contribution in [-0.2, 0) is 0 Å². The SMILES string of the molecule is CCC(C)CC(CCC(C)(C)C)NC. The molecule has 0 bridgehead atoms. The molecule has 86 valence electrons. The van der Waals surface area contributed by atoms with Gasteiger partial charge < -0.3 is 5.32 Å². The Balaban J connectivity index is 3.80. The van der Waals surface area contributed by atoms with E-state index < -0.39 is 0 Å². The quantitative estimate of drug-likeness (QED) is 0.685. The second kappa shape index (κ2) is 6.44. The van der Waals surface area contributed by atoms with Gasteiger partial charge >= 0.3 is 0 Å². The second-order valence-electron chi connectivity index (χ2n) is 5.83. The molecule has 0 radical (unpaired) electrons. The Morgan fingerprint density at radius 2 is 1.79 bits per heavy atom. The number of hydrogen-bond donors (Lipinski definition) is 1. The van der Waals surface area contributed by atoms with Crippen LogP contribution in [0.2, 0.25) is 0 Å². The maximum atomic E-state index is 3.44. The molecule has 0 aromatic heterocycles. The minimum atomic E-state index is 0.477. The number of hydrogen-bond acceptors (Lipinski definition) is 1. The fourth-order valence-electron chi connectivity index (χ4n) is 1.64. The van der Waals surface area contributed by atoms with E-state index in [1.165, 1.54) is 25.7 Å². The van der Waals surface area contributed by atoms with Gasteiger partial charge in [0.15, 0.2) is 0 Å². The molecule has 0 amide bonds. The predicted octanol–water partition coefficient (Wildman–Crippen LogP) is 3.84. The predicted molar refractivity (Wildman–Crippen MR) is 65.6 cm³/mol. The van der Waals surface area contributed by atoms with Crippen LogP contribution in [0.1, 0.15) is 60.3 Å². The monoisotopic (exact) mass is 199 g/mol. The van der Waals surface area contributed by atoms with Crippen molar-refractivity contribution in [3.63, 3.8) is 0 Å². The molecular weight excluding hydrogens is 170 g/mol. The summed E-state index contributed by atoms with van der Waals surface area (Å²) in [4.78, 5) is 0.